The molecule has 1 heterocycles. The number of hydrogen-bond acceptors (Lipinski definition) is 4. The Bertz CT molecular complexity index is 462. The van der Waals surface area contributed by atoms with Gasteiger partial charge in [0.2, 0.25) is 0 Å². The Morgan fingerprint density at radius 1 is 1.39 bits per heavy atom. The van der Waals surface area contributed by atoms with Gasteiger partial charge in [-0.3, -0.25) is 10.1 Å². The minimum absolute atomic E-state index is 0.0410. The number of nitrogen functional groups attached to an aromatic ring is 1. The molecule has 2 unspecified atom stereocenters. The normalized spacial score (nSPS) is 24.0. The van der Waals surface area contributed by atoms with Crippen LogP contribution in [0.3, 0.4) is 0 Å². The van der Waals surface area contributed by atoms with E-state index in [1.54, 1.807) is 18.2 Å². The topological polar surface area (TPSA) is 72.4 Å². The minimum Gasteiger partial charge on any atom is -0.393 e. The van der Waals surface area contributed by atoms with Crippen LogP contribution < -0.4 is 10.6 Å². The van der Waals surface area contributed by atoms with Crippen LogP contribution in [0.1, 0.15) is 20.3 Å². The Hall–Kier alpha value is -1.78. The van der Waals surface area contributed by atoms with E-state index in [0.29, 0.717) is 17.5 Å². The molecule has 2 atom stereocenters. The number of anilines is 2. The standard InChI is InChI=1S/C13H19N3O2/c1-9-6-7-15(8-10(9)2)12-5-3-4-11(14)13(12)16(17)18/h3-5,9-10H,6-8,14H2,1-2H3. The molecule has 1 aliphatic rings. The molecule has 0 spiro atoms. The Morgan fingerprint density at radius 2 is 2.11 bits per heavy atom. The summed E-state index contributed by atoms with van der Waals surface area (Å²) < 4.78 is 0. The zero-order valence-electron chi connectivity index (χ0n) is 10.8. The molecular formula is C13H19N3O2. The first-order valence-corrected chi connectivity index (χ1v) is 6.28. The van der Waals surface area contributed by atoms with Crippen LogP contribution in [0.25, 0.3) is 0 Å². The van der Waals surface area contributed by atoms with E-state index in [-0.39, 0.29) is 16.3 Å². The number of nitro groups is 1. The van der Waals surface area contributed by atoms with Gasteiger partial charge in [-0.2, -0.15) is 0 Å². The third-order valence-corrected chi connectivity index (χ3v) is 3.90. The highest BCUT2D eigenvalue weighted by atomic mass is 16.6. The molecule has 1 aliphatic heterocycles. The molecule has 0 aromatic heterocycles. The molecule has 18 heavy (non-hydrogen) atoms. The molecule has 2 N–H and O–H groups in total. The zero-order chi connectivity index (χ0) is 13.3. The van der Waals surface area contributed by atoms with Gasteiger partial charge in [0, 0.05) is 13.1 Å². The third kappa shape index (κ3) is 2.25. The summed E-state index contributed by atoms with van der Waals surface area (Å²) >= 11 is 0. The van der Waals surface area contributed by atoms with E-state index in [9.17, 15) is 10.1 Å². The lowest BCUT2D eigenvalue weighted by molar-refractivity contribution is -0.383. The van der Waals surface area contributed by atoms with Crippen molar-refractivity contribution in [1.82, 2.24) is 0 Å². The SMILES string of the molecule is CC1CCN(c2cccc(N)c2[N+](=O)[O-])CC1C. The van der Waals surface area contributed by atoms with E-state index in [1.807, 2.05) is 0 Å². The van der Waals surface area contributed by atoms with E-state index in [2.05, 4.69) is 18.7 Å². The fourth-order valence-electron chi connectivity index (χ4n) is 2.48. The first-order chi connectivity index (χ1) is 8.50. The van der Waals surface area contributed by atoms with Crippen LogP contribution in [0.2, 0.25) is 0 Å². The number of nitrogens with zero attached hydrogens (tertiary/aromatic N) is 2. The molecule has 0 bridgehead atoms. The fraction of sp³-hybridized carbons (Fsp3) is 0.538. The van der Waals surface area contributed by atoms with Gasteiger partial charge in [0.25, 0.3) is 0 Å². The molecular weight excluding hydrogens is 230 g/mol. The van der Waals surface area contributed by atoms with Crippen LogP contribution in [0.15, 0.2) is 18.2 Å². The summed E-state index contributed by atoms with van der Waals surface area (Å²) in [5.74, 6) is 1.21. The molecule has 0 radical (unpaired) electrons. The maximum absolute atomic E-state index is 11.1. The number of rotatable bonds is 2. The maximum Gasteiger partial charge on any atom is 0.315 e. The highest BCUT2D eigenvalue weighted by Crippen LogP contribution is 2.36. The predicted molar refractivity (Wildman–Crippen MR) is 72.7 cm³/mol. The number of hydrogen-bond donors (Lipinski definition) is 1. The fourth-order valence-corrected chi connectivity index (χ4v) is 2.48. The number of para-hydroxylation sites is 1. The molecule has 1 saturated heterocycles. The zero-order valence-corrected chi connectivity index (χ0v) is 10.8. The molecule has 5 nitrogen and oxygen atoms in total. The van der Waals surface area contributed by atoms with Crippen molar-refractivity contribution in [3.8, 4) is 0 Å². The highest BCUT2D eigenvalue weighted by Gasteiger charge is 2.28. The summed E-state index contributed by atoms with van der Waals surface area (Å²) in [7, 11) is 0. The average Bonchev–Trinajstić information content (AvgIpc) is 2.32. The second-order valence-electron chi connectivity index (χ2n) is 5.16. The minimum atomic E-state index is -0.382. The summed E-state index contributed by atoms with van der Waals surface area (Å²) in [6.45, 7) is 6.13. The Balaban J connectivity index is 2.34. The van der Waals surface area contributed by atoms with Gasteiger partial charge in [-0.15, -0.1) is 0 Å². The van der Waals surface area contributed by atoms with Gasteiger partial charge in [-0.05, 0) is 30.4 Å². The van der Waals surface area contributed by atoms with Gasteiger partial charge >= 0.3 is 5.69 Å². The molecule has 5 heteroatoms. The maximum atomic E-state index is 11.1. The summed E-state index contributed by atoms with van der Waals surface area (Å²) in [5, 5.41) is 11.1. The molecule has 98 valence electrons. The smallest absolute Gasteiger partial charge is 0.315 e. The van der Waals surface area contributed by atoms with Crippen LogP contribution in [-0.2, 0) is 0 Å². The van der Waals surface area contributed by atoms with E-state index >= 15 is 0 Å². The van der Waals surface area contributed by atoms with Gasteiger partial charge in [-0.25, -0.2) is 0 Å². The van der Waals surface area contributed by atoms with Crippen molar-refractivity contribution in [2.24, 2.45) is 11.8 Å². The van der Waals surface area contributed by atoms with E-state index < -0.39 is 0 Å². The van der Waals surface area contributed by atoms with Crippen molar-refractivity contribution in [2.45, 2.75) is 20.3 Å². The number of benzene rings is 1. The first-order valence-electron chi connectivity index (χ1n) is 6.28. The van der Waals surface area contributed by atoms with Crippen molar-refractivity contribution in [2.75, 3.05) is 23.7 Å². The van der Waals surface area contributed by atoms with Gasteiger partial charge in [-0.1, -0.05) is 19.9 Å². The Morgan fingerprint density at radius 3 is 2.72 bits per heavy atom. The lowest BCUT2D eigenvalue weighted by Crippen LogP contribution is -2.38. The van der Waals surface area contributed by atoms with Crippen LogP contribution in [0.5, 0.6) is 0 Å². The van der Waals surface area contributed by atoms with Gasteiger partial charge < -0.3 is 10.6 Å². The second kappa shape index (κ2) is 4.84. The molecule has 1 aromatic rings. The quantitative estimate of drug-likeness (QED) is 0.497. The average molecular weight is 249 g/mol. The van der Waals surface area contributed by atoms with Crippen molar-refractivity contribution >= 4 is 17.1 Å². The van der Waals surface area contributed by atoms with Crippen LogP contribution in [0, 0.1) is 22.0 Å². The summed E-state index contributed by atoms with van der Waals surface area (Å²) in [6.07, 6.45) is 1.06. The second-order valence-corrected chi connectivity index (χ2v) is 5.16. The van der Waals surface area contributed by atoms with Crippen molar-refractivity contribution in [3.63, 3.8) is 0 Å². The predicted octanol–water partition coefficient (Wildman–Crippen LogP) is 2.66. The van der Waals surface area contributed by atoms with Gasteiger partial charge in [0.05, 0.1) is 4.92 Å². The number of nitro benzene ring substituents is 1. The molecule has 0 saturated carbocycles. The van der Waals surface area contributed by atoms with E-state index in [0.717, 1.165) is 19.5 Å². The summed E-state index contributed by atoms with van der Waals surface area (Å²) in [6, 6.07) is 5.15. The van der Waals surface area contributed by atoms with Gasteiger partial charge in [0.1, 0.15) is 11.4 Å². The third-order valence-electron chi connectivity index (χ3n) is 3.90. The molecule has 1 fully saturated rings. The summed E-state index contributed by atoms with van der Waals surface area (Å²) in [4.78, 5) is 12.8. The van der Waals surface area contributed by atoms with Crippen molar-refractivity contribution < 1.29 is 4.92 Å². The van der Waals surface area contributed by atoms with Crippen LogP contribution >= 0.6 is 0 Å². The number of nitrogens with two attached hydrogens (primary N) is 1. The van der Waals surface area contributed by atoms with Crippen molar-refractivity contribution in [3.05, 3.63) is 28.3 Å². The summed E-state index contributed by atoms with van der Waals surface area (Å²) in [5.41, 5.74) is 6.65. The van der Waals surface area contributed by atoms with Crippen LogP contribution in [-0.4, -0.2) is 18.0 Å². The molecule has 2 rings (SSSR count). The van der Waals surface area contributed by atoms with Crippen molar-refractivity contribution in [1.29, 1.82) is 0 Å². The largest absolute Gasteiger partial charge is 0.393 e. The lowest BCUT2D eigenvalue weighted by Gasteiger charge is -2.36. The van der Waals surface area contributed by atoms with E-state index in [1.165, 1.54) is 0 Å². The Kier molecular flexibility index (Phi) is 3.41. The van der Waals surface area contributed by atoms with E-state index in [4.69, 9.17) is 5.73 Å². The monoisotopic (exact) mass is 249 g/mol. The molecule has 0 amide bonds. The lowest BCUT2D eigenvalue weighted by atomic mass is 9.88. The molecule has 1 aromatic carbocycles. The molecule has 0 aliphatic carbocycles. The Labute approximate surface area is 107 Å². The first kappa shape index (κ1) is 12.7. The number of piperidine rings is 1. The van der Waals surface area contributed by atoms with Crippen LogP contribution in [0.4, 0.5) is 17.1 Å². The van der Waals surface area contributed by atoms with Gasteiger partial charge in [0.15, 0.2) is 0 Å². The highest BCUT2D eigenvalue weighted by molar-refractivity contribution is 5.75.